The maximum Gasteiger partial charge on any atom is 0.171 e. The van der Waals surface area contributed by atoms with Gasteiger partial charge in [-0.2, -0.15) is 10.2 Å². The highest BCUT2D eigenvalue weighted by molar-refractivity contribution is 7.80. The predicted molar refractivity (Wildman–Crippen MR) is 123 cm³/mol. The topological polar surface area (TPSA) is 59.7 Å². The summed E-state index contributed by atoms with van der Waals surface area (Å²) in [5, 5.41) is 17.6. The lowest BCUT2D eigenvalue weighted by Gasteiger charge is -2.10. The van der Waals surface area contributed by atoms with Gasteiger partial charge in [-0.15, -0.1) is 0 Å². The molecule has 1 aromatic carbocycles. The highest BCUT2D eigenvalue weighted by atomic mass is 35.5. The van der Waals surface area contributed by atoms with E-state index in [1.54, 1.807) is 4.68 Å². The Morgan fingerprint density at radius 1 is 1.10 bits per heavy atom. The number of hydrogen-bond donors (Lipinski definition) is 2. The summed E-state index contributed by atoms with van der Waals surface area (Å²) in [5.74, 6) is 0.649. The molecule has 0 unspecified atom stereocenters. The molecule has 10 heteroatoms. The van der Waals surface area contributed by atoms with Crippen LogP contribution in [0.3, 0.4) is 0 Å². The first-order valence-corrected chi connectivity index (χ1v) is 10.6. The van der Waals surface area contributed by atoms with Gasteiger partial charge in [0.05, 0.1) is 23.0 Å². The van der Waals surface area contributed by atoms with Crippen LogP contribution < -0.4 is 10.6 Å². The molecule has 29 heavy (non-hydrogen) atoms. The molecule has 2 aromatic heterocycles. The van der Waals surface area contributed by atoms with Crippen LogP contribution in [0.15, 0.2) is 30.5 Å². The Labute approximate surface area is 190 Å². The number of rotatable bonds is 7. The van der Waals surface area contributed by atoms with E-state index in [9.17, 15) is 0 Å². The van der Waals surface area contributed by atoms with Crippen molar-refractivity contribution in [2.24, 2.45) is 0 Å². The van der Waals surface area contributed by atoms with Crippen molar-refractivity contribution in [3.8, 4) is 0 Å². The van der Waals surface area contributed by atoms with Crippen molar-refractivity contribution in [2.75, 3.05) is 11.9 Å². The molecule has 0 fully saturated rings. The van der Waals surface area contributed by atoms with Gasteiger partial charge in [0.25, 0.3) is 0 Å². The summed E-state index contributed by atoms with van der Waals surface area (Å²) in [6.07, 6.45) is 2.71. The number of thiocarbonyl (C=S) groups is 1. The fraction of sp³-hybridized carbons (Fsp3) is 0.316. The first-order chi connectivity index (χ1) is 13.8. The Hall–Kier alpha value is -1.80. The molecule has 2 N–H and O–H groups in total. The summed E-state index contributed by atoms with van der Waals surface area (Å²) in [6, 6.07) is 7.28. The molecule has 2 heterocycles. The van der Waals surface area contributed by atoms with Crippen LogP contribution in [0, 0.1) is 13.8 Å². The zero-order valence-electron chi connectivity index (χ0n) is 16.0. The largest absolute Gasteiger partial charge is 0.362 e. The third kappa shape index (κ3) is 5.63. The summed E-state index contributed by atoms with van der Waals surface area (Å²) in [6.45, 7) is 5.82. The van der Waals surface area contributed by atoms with Crippen molar-refractivity contribution >= 4 is 58.0 Å². The third-order valence-electron chi connectivity index (χ3n) is 4.39. The minimum absolute atomic E-state index is 0.478. The zero-order valence-corrected chi connectivity index (χ0v) is 19.1. The predicted octanol–water partition coefficient (Wildman–Crippen LogP) is 5.08. The van der Waals surface area contributed by atoms with Crippen LogP contribution in [0.2, 0.25) is 15.1 Å². The van der Waals surface area contributed by atoms with Crippen LogP contribution in [0.1, 0.15) is 23.4 Å². The lowest BCUT2D eigenvalue weighted by molar-refractivity contribution is 0.558. The Bertz CT molecular complexity index is 993. The highest BCUT2D eigenvalue weighted by Crippen LogP contribution is 2.25. The Morgan fingerprint density at radius 2 is 1.83 bits per heavy atom. The van der Waals surface area contributed by atoms with Gasteiger partial charge in [0.1, 0.15) is 0 Å². The molecule has 0 saturated heterocycles. The van der Waals surface area contributed by atoms with Gasteiger partial charge in [-0.05, 0) is 44.6 Å². The Kier molecular flexibility index (Phi) is 7.40. The van der Waals surface area contributed by atoms with Gasteiger partial charge in [0, 0.05) is 41.0 Å². The smallest absolute Gasteiger partial charge is 0.171 e. The van der Waals surface area contributed by atoms with Crippen molar-refractivity contribution in [1.29, 1.82) is 0 Å². The molecule has 0 aliphatic heterocycles. The first kappa shape index (κ1) is 21.9. The molecule has 0 bridgehead atoms. The van der Waals surface area contributed by atoms with E-state index < -0.39 is 0 Å². The van der Waals surface area contributed by atoms with E-state index in [2.05, 4.69) is 20.8 Å². The van der Waals surface area contributed by atoms with E-state index in [1.165, 1.54) is 0 Å². The Balaban J connectivity index is 1.46. The molecule has 0 radical (unpaired) electrons. The highest BCUT2D eigenvalue weighted by Gasteiger charge is 2.09. The maximum absolute atomic E-state index is 6.22. The van der Waals surface area contributed by atoms with Crippen LogP contribution in [-0.4, -0.2) is 31.2 Å². The molecule has 154 valence electrons. The van der Waals surface area contributed by atoms with E-state index in [-0.39, 0.29) is 0 Å². The molecule has 6 nitrogen and oxygen atoms in total. The van der Waals surface area contributed by atoms with Gasteiger partial charge in [0.2, 0.25) is 0 Å². The normalized spacial score (nSPS) is 10.9. The van der Waals surface area contributed by atoms with Crippen LogP contribution >= 0.6 is 47.0 Å². The summed E-state index contributed by atoms with van der Waals surface area (Å²) >= 11 is 23.9. The third-order valence-corrected chi connectivity index (χ3v) is 5.89. The van der Waals surface area contributed by atoms with Gasteiger partial charge in [-0.3, -0.25) is 9.36 Å². The number of aryl methyl sites for hydroxylation is 2. The van der Waals surface area contributed by atoms with Gasteiger partial charge in [0.15, 0.2) is 10.9 Å². The molecule has 0 aliphatic carbocycles. The second-order valence-electron chi connectivity index (χ2n) is 6.54. The molecule has 0 aliphatic rings. The average molecular weight is 472 g/mol. The van der Waals surface area contributed by atoms with Crippen molar-refractivity contribution in [2.45, 2.75) is 33.4 Å². The van der Waals surface area contributed by atoms with Crippen molar-refractivity contribution < 1.29 is 0 Å². The molecule has 0 atom stereocenters. The van der Waals surface area contributed by atoms with Crippen LogP contribution in [0.4, 0.5) is 5.82 Å². The van der Waals surface area contributed by atoms with Gasteiger partial charge < -0.3 is 10.6 Å². The van der Waals surface area contributed by atoms with E-state index >= 15 is 0 Å². The summed E-state index contributed by atoms with van der Waals surface area (Å²) in [4.78, 5) is 0. The van der Waals surface area contributed by atoms with E-state index in [0.29, 0.717) is 34.1 Å². The summed E-state index contributed by atoms with van der Waals surface area (Å²) in [7, 11) is 0. The number of halogens is 3. The number of hydrogen-bond acceptors (Lipinski definition) is 3. The SMILES string of the molecule is Cc1nn(CCCNC(=S)Nc2ccn(Cc3c(Cl)cccc3Cl)n2)c(C)c1Cl. The van der Waals surface area contributed by atoms with E-state index in [0.717, 1.165) is 34.9 Å². The molecular weight excluding hydrogens is 451 g/mol. The van der Waals surface area contributed by atoms with Crippen molar-refractivity contribution in [3.05, 3.63) is 62.5 Å². The second-order valence-corrected chi connectivity index (χ2v) is 8.14. The molecule has 3 aromatic rings. The van der Waals surface area contributed by atoms with Crippen LogP contribution in [0.5, 0.6) is 0 Å². The molecular formula is C19H21Cl3N6S. The fourth-order valence-corrected chi connectivity index (χ4v) is 3.70. The van der Waals surface area contributed by atoms with Crippen molar-refractivity contribution in [1.82, 2.24) is 24.9 Å². The molecule has 0 amide bonds. The molecule has 0 spiro atoms. The van der Waals surface area contributed by atoms with Crippen molar-refractivity contribution in [3.63, 3.8) is 0 Å². The van der Waals surface area contributed by atoms with Crippen LogP contribution in [0.25, 0.3) is 0 Å². The lowest BCUT2D eigenvalue weighted by atomic mass is 10.2. The van der Waals surface area contributed by atoms with Crippen LogP contribution in [-0.2, 0) is 13.1 Å². The van der Waals surface area contributed by atoms with Gasteiger partial charge in [-0.25, -0.2) is 0 Å². The number of anilines is 1. The molecule has 0 saturated carbocycles. The van der Waals surface area contributed by atoms with Gasteiger partial charge in [-0.1, -0.05) is 40.9 Å². The maximum atomic E-state index is 6.22. The second kappa shape index (κ2) is 9.80. The Morgan fingerprint density at radius 3 is 2.48 bits per heavy atom. The average Bonchev–Trinajstić information content (AvgIpc) is 3.21. The van der Waals surface area contributed by atoms with Gasteiger partial charge >= 0.3 is 0 Å². The first-order valence-electron chi connectivity index (χ1n) is 9.06. The minimum atomic E-state index is 0.478. The molecule has 3 rings (SSSR count). The standard InChI is InChI=1S/C19H21Cl3N6S/c1-12-18(22)13(2)28(25-12)9-4-8-23-19(29)24-17-7-10-27(26-17)11-14-15(20)5-3-6-16(14)21/h3,5-7,10H,4,8-9,11H2,1-2H3,(H2,23,24,26,29). The minimum Gasteiger partial charge on any atom is -0.362 e. The number of aromatic nitrogens is 4. The summed E-state index contributed by atoms with van der Waals surface area (Å²) < 4.78 is 3.67. The quantitative estimate of drug-likeness (QED) is 0.372. The number of nitrogens with one attached hydrogen (secondary N) is 2. The fourth-order valence-electron chi connectivity index (χ4n) is 2.85. The van der Waals surface area contributed by atoms with E-state index in [4.69, 9.17) is 47.0 Å². The number of benzene rings is 1. The number of nitrogens with zero attached hydrogens (tertiary/aromatic N) is 4. The summed E-state index contributed by atoms with van der Waals surface area (Å²) in [5.41, 5.74) is 2.66. The lowest BCUT2D eigenvalue weighted by Crippen LogP contribution is -2.30. The monoisotopic (exact) mass is 470 g/mol. The zero-order chi connectivity index (χ0) is 21.0. The van der Waals surface area contributed by atoms with E-state index in [1.807, 2.05) is 49.0 Å².